The van der Waals surface area contributed by atoms with Gasteiger partial charge in [0.25, 0.3) is 5.91 Å². The topological polar surface area (TPSA) is 108 Å². The Morgan fingerprint density at radius 3 is 2.59 bits per heavy atom. The third-order valence-corrected chi connectivity index (χ3v) is 10.7. The third-order valence-electron chi connectivity index (χ3n) is 10.7. The Morgan fingerprint density at radius 1 is 1.10 bits per heavy atom. The predicted molar refractivity (Wildman–Crippen MR) is 150 cm³/mol. The quantitative estimate of drug-likeness (QED) is 0.396. The van der Waals surface area contributed by atoms with Crippen molar-refractivity contribution in [3.8, 4) is 0 Å². The summed E-state index contributed by atoms with van der Waals surface area (Å²) in [5.41, 5.74) is 2.41. The van der Waals surface area contributed by atoms with Crippen LogP contribution in [0.5, 0.6) is 0 Å². The molecule has 0 unspecified atom stereocenters. The maximum absolute atomic E-state index is 12.4. The van der Waals surface area contributed by atoms with E-state index in [2.05, 4.69) is 36.5 Å². The minimum atomic E-state index is -0.906. The summed E-state index contributed by atoms with van der Waals surface area (Å²) in [6, 6.07) is 9.34. The molecule has 0 spiro atoms. The monoisotopic (exact) mass is 534 g/mol. The van der Waals surface area contributed by atoms with Gasteiger partial charge < -0.3 is 20.4 Å². The lowest BCUT2D eigenvalue weighted by molar-refractivity contribution is -0.137. The first-order valence-electron chi connectivity index (χ1n) is 14.4. The summed E-state index contributed by atoms with van der Waals surface area (Å²) < 4.78 is 0. The van der Waals surface area contributed by atoms with Gasteiger partial charge in [-0.2, -0.15) is 0 Å². The molecule has 1 aromatic carbocycles. The number of hydrogen-bond donors (Lipinski definition) is 3. The molecule has 0 aromatic heterocycles. The maximum Gasteiger partial charge on any atom is 0.304 e. The van der Waals surface area contributed by atoms with E-state index in [0.717, 1.165) is 44.1 Å². The van der Waals surface area contributed by atoms with Crippen molar-refractivity contribution in [2.24, 2.45) is 33.7 Å². The van der Waals surface area contributed by atoms with E-state index in [1.165, 1.54) is 5.57 Å². The highest BCUT2D eigenvalue weighted by Gasteiger charge is 2.61. The summed E-state index contributed by atoms with van der Waals surface area (Å²) in [7, 11) is 0. The van der Waals surface area contributed by atoms with E-state index >= 15 is 0 Å². The van der Waals surface area contributed by atoms with E-state index in [1.54, 1.807) is 0 Å². The molecule has 7 atom stereocenters. The van der Waals surface area contributed by atoms with Crippen LogP contribution in [-0.4, -0.2) is 46.6 Å². The van der Waals surface area contributed by atoms with Crippen molar-refractivity contribution in [3.05, 3.63) is 59.7 Å². The Kier molecular flexibility index (Phi) is 7.49. The Bertz CT molecular complexity index is 1190. The average Bonchev–Trinajstić information content (AvgIpc) is 3.15. The van der Waals surface area contributed by atoms with Gasteiger partial charge in [-0.25, -0.2) is 0 Å². The zero-order chi connectivity index (χ0) is 27.8. The molecule has 39 heavy (non-hydrogen) atoms. The number of nitrogens with one attached hydrogen (secondary N) is 1. The molecular weight excluding hydrogens is 492 g/mol. The van der Waals surface area contributed by atoms with Gasteiger partial charge in [0.15, 0.2) is 6.61 Å². The number of carboxylic acids is 1. The van der Waals surface area contributed by atoms with Crippen LogP contribution in [0.25, 0.3) is 0 Å². The van der Waals surface area contributed by atoms with Crippen LogP contribution in [0.2, 0.25) is 0 Å². The fourth-order valence-corrected chi connectivity index (χ4v) is 8.21. The van der Waals surface area contributed by atoms with Gasteiger partial charge in [0.05, 0.1) is 12.0 Å². The second-order valence-electron chi connectivity index (χ2n) is 12.8. The van der Waals surface area contributed by atoms with Gasteiger partial charge >= 0.3 is 5.97 Å². The molecule has 4 aliphatic carbocycles. The number of fused-ring (bicyclic) bond motifs is 5. The van der Waals surface area contributed by atoms with E-state index in [9.17, 15) is 19.8 Å². The highest BCUT2D eigenvalue weighted by Crippen LogP contribution is 2.66. The molecule has 3 fully saturated rings. The molecule has 7 heteroatoms. The number of allylic oxidation sites excluding steroid dienone is 4. The van der Waals surface area contributed by atoms with Crippen LogP contribution < -0.4 is 5.32 Å². The summed E-state index contributed by atoms with van der Waals surface area (Å²) in [4.78, 5) is 29.1. The molecule has 3 N–H and O–H groups in total. The van der Waals surface area contributed by atoms with Crippen LogP contribution in [-0.2, 0) is 14.4 Å². The third kappa shape index (κ3) is 5.18. The molecule has 1 amide bonds. The fraction of sp³-hybridized carbons (Fsp3) is 0.594. The summed E-state index contributed by atoms with van der Waals surface area (Å²) >= 11 is 0. The largest absolute Gasteiger partial charge is 0.481 e. The van der Waals surface area contributed by atoms with Crippen molar-refractivity contribution in [1.82, 2.24) is 5.32 Å². The molecular formula is C32H42N2O5. The minimum Gasteiger partial charge on any atom is -0.481 e. The van der Waals surface area contributed by atoms with Crippen molar-refractivity contribution < 1.29 is 24.6 Å². The fourth-order valence-electron chi connectivity index (χ4n) is 8.21. The molecule has 210 valence electrons. The zero-order valence-corrected chi connectivity index (χ0v) is 23.4. The lowest BCUT2D eigenvalue weighted by atomic mass is 9.47. The smallest absolute Gasteiger partial charge is 0.304 e. The summed E-state index contributed by atoms with van der Waals surface area (Å²) in [5, 5.41) is 27.4. The van der Waals surface area contributed by atoms with Crippen molar-refractivity contribution in [3.63, 3.8) is 0 Å². The van der Waals surface area contributed by atoms with Gasteiger partial charge in [0.2, 0.25) is 0 Å². The zero-order valence-electron chi connectivity index (χ0n) is 23.4. The molecule has 0 heterocycles. The number of benzene rings is 1. The van der Waals surface area contributed by atoms with E-state index in [4.69, 9.17) is 4.84 Å². The molecule has 0 bridgehead atoms. The van der Waals surface area contributed by atoms with E-state index in [1.807, 2.05) is 43.3 Å². The lowest BCUT2D eigenvalue weighted by Crippen LogP contribution is -2.53. The number of hydrogen-bond acceptors (Lipinski definition) is 5. The van der Waals surface area contributed by atoms with Crippen LogP contribution in [0.3, 0.4) is 0 Å². The molecule has 5 rings (SSSR count). The summed E-state index contributed by atoms with van der Waals surface area (Å²) in [5.74, 6) is 0.219. The van der Waals surface area contributed by atoms with Crippen molar-refractivity contribution in [2.45, 2.75) is 77.2 Å². The minimum absolute atomic E-state index is 0.00825. The number of carbonyl (C=O) groups excluding carboxylic acids is 1. The number of nitrogens with zero attached hydrogens (tertiary/aromatic N) is 1. The SMILES string of the molecule is C[C@]12C=CC(=NOCC(=O)NC[C@H](CC(=O)O)c3ccccc3)C=C1CC[C@@H]1[C@H]2CC[C@@]2(C)[C@@H]1CC[C@]2(C)O. The molecule has 0 radical (unpaired) electrons. The number of oxime groups is 1. The Hall–Kier alpha value is -2.93. The normalized spacial score (nSPS) is 36.8. The van der Waals surface area contributed by atoms with Crippen LogP contribution >= 0.6 is 0 Å². The van der Waals surface area contributed by atoms with Gasteiger partial charge in [-0.3, -0.25) is 9.59 Å². The Morgan fingerprint density at radius 2 is 1.85 bits per heavy atom. The number of rotatable bonds is 8. The van der Waals surface area contributed by atoms with Gasteiger partial charge in [0, 0.05) is 17.9 Å². The predicted octanol–water partition coefficient (Wildman–Crippen LogP) is 5.22. The van der Waals surface area contributed by atoms with E-state index in [0.29, 0.717) is 23.5 Å². The Labute approximate surface area is 231 Å². The molecule has 0 saturated heterocycles. The first kappa shape index (κ1) is 27.6. The number of amides is 1. The summed E-state index contributed by atoms with van der Waals surface area (Å²) in [6.07, 6.45) is 12.7. The van der Waals surface area contributed by atoms with Crippen LogP contribution in [0.4, 0.5) is 0 Å². The van der Waals surface area contributed by atoms with Crippen LogP contribution in [0.1, 0.15) is 77.2 Å². The van der Waals surface area contributed by atoms with Crippen molar-refractivity contribution in [1.29, 1.82) is 0 Å². The molecule has 1 aromatic rings. The Balaban J connectivity index is 1.17. The molecule has 7 nitrogen and oxygen atoms in total. The van der Waals surface area contributed by atoms with Gasteiger partial charge in [-0.1, -0.05) is 61.0 Å². The first-order valence-corrected chi connectivity index (χ1v) is 14.4. The average molecular weight is 535 g/mol. The van der Waals surface area contributed by atoms with Crippen LogP contribution in [0.15, 0.2) is 59.3 Å². The molecule has 0 aliphatic heterocycles. The van der Waals surface area contributed by atoms with Crippen molar-refractivity contribution >= 4 is 17.6 Å². The number of carboxylic acid groups (broad SMARTS) is 1. The standard InChI is InChI=1S/C32H42N2O5/c1-30-14-11-24(34-39-20-28(35)33-19-22(17-29(36)37)21-7-5-4-6-8-21)18-23(30)9-10-25-26(30)12-15-31(2)27(25)13-16-32(31,3)38/h4-8,11,14,18,22,25-27,38H,9-10,12-13,15-17,19-20H2,1-3H3,(H,33,35)(H,36,37)/t22-,25+,26+,27+,30-,31-,32-/m0/s1. The first-order chi connectivity index (χ1) is 18.5. The van der Waals surface area contributed by atoms with Crippen LogP contribution in [0, 0.1) is 28.6 Å². The van der Waals surface area contributed by atoms with E-state index < -0.39 is 11.6 Å². The number of carbonyl (C=O) groups is 2. The van der Waals surface area contributed by atoms with E-state index in [-0.39, 0.29) is 42.2 Å². The summed E-state index contributed by atoms with van der Waals surface area (Å²) in [6.45, 7) is 6.71. The number of aliphatic carboxylic acids is 1. The lowest BCUT2D eigenvalue weighted by Gasteiger charge is -2.58. The molecule has 3 saturated carbocycles. The second-order valence-corrected chi connectivity index (χ2v) is 12.8. The maximum atomic E-state index is 12.4. The second kappa shape index (κ2) is 10.6. The van der Waals surface area contributed by atoms with Gasteiger partial charge in [-0.15, -0.1) is 0 Å². The molecule has 4 aliphatic rings. The highest BCUT2D eigenvalue weighted by atomic mass is 16.6. The highest BCUT2D eigenvalue weighted by molar-refractivity contribution is 6.05. The number of aliphatic hydroxyl groups is 1. The van der Waals surface area contributed by atoms with Gasteiger partial charge in [0.1, 0.15) is 5.71 Å². The van der Waals surface area contributed by atoms with Gasteiger partial charge in [-0.05, 0) is 86.3 Å². The van der Waals surface area contributed by atoms with Crippen molar-refractivity contribution in [2.75, 3.05) is 13.2 Å².